The predicted octanol–water partition coefficient (Wildman–Crippen LogP) is -0.956. The highest BCUT2D eigenvalue weighted by atomic mass is 35.5. The van der Waals surface area contributed by atoms with Gasteiger partial charge in [-0.2, -0.15) is 0 Å². The Kier molecular flexibility index (Phi) is 5.36. The topological polar surface area (TPSA) is 86.2 Å². The van der Waals surface area contributed by atoms with E-state index in [9.17, 15) is 8.42 Å². The average Bonchev–Trinajstić information content (AvgIpc) is 1.21. The molecule has 0 saturated carbocycles. The highest BCUT2D eigenvalue weighted by Gasteiger charge is 2.04. The van der Waals surface area contributed by atoms with Crippen molar-refractivity contribution in [2.75, 3.05) is 5.75 Å². The van der Waals surface area contributed by atoms with Gasteiger partial charge in [-0.1, -0.05) is 0 Å². The van der Waals surface area contributed by atoms with Crippen LogP contribution in [0.5, 0.6) is 0 Å². The van der Waals surface area contributed by atoms with Gasteiger partial charge >= 0.3 is 0 Å². The fraction of sp³-hybridized carbons (Fsp3) is 1.00. The van der Waals surface area contributed by atoms with Crippen LogP contribution in [-0.4, -0.2) is 20.2 Å². The van der Waals surface area contributed by atoms with Crippen molar-refractivity contribution < 1.29 is 8.42 Å². The SMILES string of the molecule is C[C@@H](N)CS(N)(=O)=O.Cl. The van der Waals surface area contributed by atoms with Crippen LogP contribution in [0.3, 0.4) is 0 Å². The van der Waals surface area contributed by atoms with Crippen molar-refractivity contribution in [2.45, 2.75) is 13.0 Å². The molecule has 0 amide bonds. The number of primary sulfonamides is 1. The molecule has 0 unspecified atom stereocenters. The molecule has 0 aliphatic heterocycles. The van der Waals surface area contributed by atoms with Gasteiger partial charge in [-0.3, -0.25) is 0 Å². The summed E-state index contributed by atoms with van der Waals surface area (Å²) in [6.07, 6.45) is 0. The third kappa shape index (κ3) is 11.6. The Morgan fingerprint density at radius 1 is 1.56 bits per heavy atom. The number of hydrogen-bond acceptors (Lipinski definition) is 3. The number of halogens is 1. The Balaban J connectivity index is 0. The fourth-order valence-electron chi connectivity index (χ4n) is 0.366. The Hall–Kier alpha value is 0.160. The van der Waals surface area contributed by atoms with E-state index in [1.54, 1.807) is 6.92 Å². The van der Waals surface area contributed by atoms with Gasteiger partial charge in [-0.25, -0.2) is 13.6 Å². The van der Waals surface area contributed by atoms with Crippen molar-refractivity contribution in [3.05, 3.63) is 0 Å². The molecule has 4 N–H and O–H groups in total. The maximum absolute atomic E-state index is 10.1. The van der Waals surface area contributed by atoms with Crippen molar-refractivity contribution in [3.8, 4) is 0 Å². The zero-order valence-corrected chi connectivity index (χ0v) is 6.71. The molecule has 0 heterocycles. The molecule has 58 valence electrons. The normalized spacial score (nSPS) is 14.1. The second-order valence-corrected chi connectivity index (χ2v) is 3.47. The first kappa shape index (κ1) is 11.9. The quantitative estimate of drug-likeness (QED) is 0.566. The third-order valence-electron chi connectivity index (χ3n) is 0.495. The van der Waals surface area contributed by atoms with Crippen LogP contribution in [0.4, 0.5) is 0 Å². The van der Waals surface area contributed by atoms with E-state index in [2.05, 4.69) is 5.14 Å². The molecule has 0 aliphatic rings. The monoisotopic (exact) mass is 174 g/mol. The molecular weight excluding hydrogens is 164 g/mol. The first-order valence-electron chi connectivity index (χ1n) is 2.18. The summed E-state index contributed by atoms with van der Waals surface area (Å²) >= 11 is 0. The van der Waals surface area contributed by atoms with Crippen LogP contribution in [0.25, 0.3) is 0 Å². The number of rotatable bonds is 2. The summed E-state index contributed by atoms with van der Waals surface area (Å²) in [7, 11) is -3.35. The molecule has 0 aromatic heterocycles. The van der Waals surface area contributed by atoms with Crippen LogP contribution in [-0.2, 0) is 10.0 Å². The first-order chi connectivity index (χ1) is 3.42. The van der Waals surface area contributed by atoms with E-state index in [4.69, 9.17) is 5.73 Å². The Morgan fingerprint density at radius 2 is 1.89 bits per heavy atom. The molecule has 9 heavy (non-hydrogen) atoms. The number of nitrogens with two attached hydrogens (primary N) is 2. The third-order valence-corrected chi connectivity index (χ3v) is 1.49. The molecule has 1 atom stereocenters. The van der Waals surface area contributed by atoms with Gasteiger partial charge in [0, 0.05) is 6.04 Å². The van der Waals surface area contributed by atoms with E-state index in [-0.39, 0.29) is 24.2 Å². The lowest BCUT2D eigenvalue weighted by Gasteiger charge is -1.99. The second kappa shape index (κ2) is 4.05. The molecular formula is C3H11ClN2O2S. The predicted molar refractivity (Wildman–Crippen MR) is 38.9 cm³/mol. The average molecular weight is 175 g/mol. The van der Waals surface area contributed by atoms with Gasteiger partial charge in [-0.05, 0) is 6.92 Å². The van der Waals surface area contributed by atoms with Crippen molar-refractivity contribution in [3.63, 3.8) is 0 Å². The van der Waals surface area contributed by atoms with Gasteiger partial charge in [0.15, 0.2) is 0 Å². The largest absolute Gasteiger partial charge is 0.327 e. The second-order valence-electron chi connectivity index (χ2n) is 1.81. The lowest BCUT2D eigenvalue weighted by molar-refractivity contribution is 0.592. The van der Waals surface area contributed by atoms with E-state index in [0.29, 0.717) is 0 Å². The summed E-state index contributed by atoms with van der Waals surface area (Å²) in [5.74, 6) is -0.146. The van der Waals surface area contributed by atoms with Crippen LogP contribution in [0.15, 0.2) is 0 Å². The molecule has 0 radical (unpaired) electrons. The molecule has 0 saturated heterocycles. The lowest BCUT2D eigenvalue weighted by atomic mass is 10.4. The van der Waals surface area contributed by atoms with E-state index < -0.39 is 10.0 Å². The molecule has 0 spiro atoms. The molecule has 0 rings (SSSR count). The highest BCUT2D eigenvalue weighted by molar-refractivity contribution is 7.89. The minimum Gasteiger partial charge on any atom is -0.327 e. The van der Waals surface area contributed by atoms with Crippen LogP contribution < -0.4 is 10.9 Å². The van der Waals surface area contributed by atoms with Gasteiger partial charge in [0.25, 0.3) is 0 Å². The summed E-state index contributed by atoms with van der Waals surface area (Å²) in [6, 6.07) is -0.370. The molecule has 0 fully saturated rings. The molecule has 4 nitrogen and oxygen atoms in total. The summed E-state index contributed by atoms with van der Waals surface area (Å²) in [4.78, 5) is 0. The summed E-state index contributed by atoms with van der Waals surface area (Å²) in [5, 5.41) is 4.63. The Morgan fingerprint density at radius 3 is 1.89 bits per heavy atom. The van der Waals surface area contributed by atoms with Crippen LogP contribution in [0.2, 0.25) is 0 Å². The smallest absolute Gasteiger partial charge is 0.210 e. The molecule has 0 aliphatic carbocycles. The Bertz CT molecular complexity index is 153. The van der Waals surface area contributed by atoms with E-state index in [0.717, 1.165) is 0 Å². The van der Waals surface area contributed by atoms with Gasteiger partial charge in [0.1, 0.15) is 0 Å². The molecule has 6 heteroatoms. The number of sulfonamides is 1. The van der Waals surface area contributed by atoms with E-state index >= 15 is 0 Å². The summed E-state index contributed by atoms with van der Waals surface area (Å²) in [6.45, 7) is 1.59. The van der Waals surface area contributed by atoms with E-state index in [1.807, 2.05) is 0 Å². The van der Waals surface area contributed by atoms with Crippen molar-refractivity contribution in [1.82, 2.24) is 0 Å². The molecule has 0 aromatic rings. The zero-order valence-electron chi connectivity index (χ0n) is 5.07. The van der Waals surface area contributed by atoms with Gasteiger partial charge in [-0.15, -0.1) is 12.4 Å². The number of hydrogen-bond donors (Lipinski definition) is 2. The zero-order chi connectivity index (χ0) is 6.78. The highest BCUT2D eigenvalue weighted by Crippen LogP contribution is 1.80. The first-order valence-corrected chi connectivity index (χ1v) is 3.89. The van der Waals surface area contributed by atoms with Gasteiger partial charge in [0.05, 0.1) is 5.75 Å². The minimum absolute atomic E-state index is 0. The standard InChI is InChI=1S/C3H10N2O2S.ClH/c1-3(4)2-8(5,6)7;/h3H,2,4H2,1H3,(H2,5,6,7);1H/t3-;/m1./s1. The molecule has 0 bridgehead atoms. The van der Waals surface area contributed by atoms with Crippen LogP contribution in [0.1, 0.15) is 6.92 Å². The maximum Gasteiger partial charge on any atom is 0.210 e. The lowest BCUT2D eigenvalue weighted by Crippen LogP contribution is -2.30. The van der Waals surface area contributed by atoms with Crippen molar-refractivity contribution in [1.29, 1.82) is 0 Å². The Labute approximate surface area is 61.1 Å². The van der Waals surface area contributed by atoms with Crippen LogP contribution in [0, 0.1) is 0 Å². The maximum atomic E-state index is 10.1. The van der Waals surface area contributed by atoms with Crippen molar-refractivity contribution in [2.24, 2.45) is 10.9 Å². The summed E-state index contributed by atoms with van der Waals surface area (Å²) < 4.78 is 20.3. The van der Waals surface area contributed by atoms with Crippen LogP contribution >= 0.6 is 12.4 Å². The molecule has 0 aromatic carbocycles. The summed E-state index contributed by atoms with van der Waals surface area (Å²) in [5.41, 5.74) is 5.12. The van der Waals surface area contributed by atoms with Crippen molar-refractivity contribution >= 4 is 22.4 Å². The van der Waals surface area contributed by atoms with Gasteiger partial charge in [0.2, 0.25) is 10.0 Å². The van der Waals surface area contributed by atoms with Gasteiger partial charge < -0.3 is 5.73 Å². The minimum atomic E-state index is -3.35. The van der Waals surface area contributed by atoms with E-state index in [1.165, 1.54) is 0 Å². The fourth-order valence-corrected chi connectivity index (χ4v) is 1.10.